The molecule has 0 amide bonds. The molecule has 20 heavy (non-hydrogen) atoms. The topological polar surface area (TPSA) is 3.24 Å². The van der Waals surface area contributed by atoms with Gasteiger partial charge in [0, 0.05) is 13.1 Å². The van der Waals surface area contributed by atoms with Gasteiger partial charge in [0.1, 0.15) is 5.82 Å². The predicted molar refractivity (Wildman–Crippen MR) is 79.9 cm³/mol. The Hall–Kier alpha value is -1.67. The number of likely N-dealkylation sites (tertiary alicyclic amines) is 1. The summed E-state index contributed by atoms with van der Waals surface area (Å²) in [6.45, 7) is 3.29. The summed E-state index contributed by atoms with van der Waals surface area (Å²) in [6.07, 6.45) is 2.20. The van der Waals surface area contributed by atoms with Gasteiger partial charge in [-0.15, -0.1) is 0 Å². The third-order valence-corrected chi connectivity index (χ3v) is 4.03. The summed E-state index contributed by atoms with van der Waals surface area (Å²) in [5, 5.41) is 0. The Labute approximate surface area is 120 Å². The zero-order valence-electron chi connectivity index (χ0n) is 11.6. The van der Waals surface area contributed by atoms with Crippen LogP contribution in [0, 0.1) is 11.7 Å². The number of hydrogen-bond acceptors (Lipinski definition) is 1. The normalized spacial score (nSPS) is 19.4. The SMILES string of the molecule is Fc1cccc(CC2CCN(Cc3ccccc3)C2)c1. The fourth-order valence-corrected chi connectivity index (χ4v) is 3.06. The Morgan fingerprint density at radius 1 is 1.00 bits per heavy atom. The summed E-state index contributed by atoms with van der Waals surface area (Å²) >= 11 is 0. The maximum absolute atomic E-state index is 13.2. The highest BCUT2D eigenvalue weighted by molar-refractivity contribution is 5.18. The van der Waals surface area contributed by atoms with Crippen LogP contribution in [-0.4, -0.2) is 18.0 Å². The highest BCUT2D eigenvalue weighted by Crippen LogP contribution is 2.22. The lowest BCUT2D eigenvalue weighted by Gasteiger charge is -2.16. The Morgan fingerprint density at radius 2 is 1.80 bits per heavy atom. The average Bonchev–Trinajstić information content (AvgIpc) is 2.87. The first-order chi connectivity index (χ1) is 9.79. The number of benzene rings is 2. The summed E-state index contributed by atoms with van der Waals surface area (Å²) in [6, 6.07) is 17.6. The van der Waals surface area contributed by atoms with Crippen LogP contribution in [0.5, 0.6) is 0 Å². The molecule has 0 spiro atoms. The van der Waals surface area contributed by atoms with Gasteiger partial charge in [0.2, 0.25) is 0 Å². The Kier molecular flexibility index (Phi) is 4.12. The predicted octanol–water partition coefficient (Wildman–Crippen LogP) is 3.89. The number of rotatable bonds is 4. The summed E-state index contributed by atoms with van der Waals surface area (Å²) < 4.78 is 13.2. The highest BCUT2D eigenvalue weighted by Gasteiger charge is 2.22. The van der Waals surface area contributed by atoms with Crippen LogP contribution in [0.15, 0.2) is 54.6 Å². The van der Waals surface area contributed by atoms with Gasteiger partial charge in [-0.2, -0.15) is 0 Å². The lowest BCUT2D eigenvalue weighted by atomic mass is 9.99. The van der Waals surface area contributed by atoms with Crippen molar-refractivity contribution in [3.05, 3.63) is 71.5 Å². The molecular weight excluding hydrogens is 249 g/mol. The van der Waals surface area contributed by atoms with Gasteiger partial charge in [0.05, 0.1) is 0 Å². The zero-order chi connectivity index (χ0) is 13.8. The molecule has 1 unspecified atom stereocenters. The molecule has 0 N–H and O–H groups in total. The second-order valence-corrected chi connectivity index (χ2v) is 5.71. The van der Waals surface area contributed by atoms with Crippen LogP contribution >= 0.6 is 0 Å². The van der Waals surface area contributed by atoms with E-state index in [2.05, 4.69) is 35.2 Å². The first kappa shape index (κ1) is 13.3. The van der Waals surface area contributed by atoms with Crippen molar-refractivity contribution >= 4 is 0 Å². The van der Waals surface area contributed by atoms with Crippen molar-refractivity contribution in [2.45, 2.75) is 19.4 Å². The van der Waals surface area contributed by atoms with E-state index in [0.717, 1.165) is 31.6 Å². The van der Waals surface area contributed by atoms with Gasteiger partial charge >= 0.3 is 0 Å². The minimum atomic E-state index is -0.123. The van der Waals surface area contributed by atoms with Gasteiger partial charge in [-0.05, 0) is 48.6 Å². The van der Waals surface area contributed by atoms with E-state index >= 15 is 0 Å². The Bertz CT molecular complexity index is 552. The fourth-order valence-electron chi connectivity index (χ4n) is 3.06. The molecule has 0 aromatic heterocycles. The molecule has 1 aliphatic heterocycles. The third kappa shape index (κ3) is 3.45. The zero-order valence-corrected chi connectivity index (χ0v) is 11.6. The number of hydrogen-bond donors (Lipinski definition) is 0. The Balaban J connectivity index is 1.54. The van der Waals surface area contributed by atoms with Crippen LogP contribution in [0.2, 0.25) is 0 Å². The summed E-state index contributed by atoms with van der Waals surface area (Å²) in [5.41, 5.74) is 2.50. The van der Waals surface area contributed by atoms with E-state index in [1.807, 2.05) is 6.07 Å². The smallest absolute Gasteiger partial charge is 0.123 e. The minimum absolute atomic E-state index is 0.123. The van der Waals surface area contributed by atoms with E-state index in [1.54, 1.807) is 12.1 Å². The van der Waals surface area contributed by atoms with Crippen molar-refractivity contribution < 1.29 is 4.39 Å². The standard InChI is InChI=1S/C18H20FN/c19-18-8-4-7-16(12-18)11-17-9-10-20(14-17)13-15-5-2-1-3-6-15/h1-8,12,17H,9-11,13-14H2. The van der Waals surface area contributed by atoms with Crippen molar-refractivity contribution in [3.8, 4) is 0 Å². The van der Waals surface area contributed by atoms with Gasteiger partial charge in [-0.1, -0.05) is 42.5 Å². The van der Waals surface area contributed by atoms with Crippen molar-refractivity contribution in [2.24, 2.45) is 5.92 Å². The maximum atomic E-state index is 13.2. The number of nitrogens with zero attached hydrogens (tertiary/aromatic N) is 1. The van der Waals surface area contributed by atoms with E-state index in [4.69, 9.17) is 0 Å². The molecule has 1 saturated heterocycles. The molecule has 1 heterocycles. The van der Waals surface area contributed by atoms with Crippen molar-refractivity contribution in [1.29, 1.82) is 0 Å². The van der Waals surface area contributed by atoms with Crippen LogP contribution in [0.1, 0.15) is 17.5 Å². The summed E-state index contributed by atoms with van der Waals surface area (Å²) in [7, 11) is 0. The molecule has 1 fully saturated rings. The summed E-state index contributed by atoms with van der Waals surface area (Å²) in [4.78, 5) is 2.50. The van der Waals surface area contributed by atoms with E-state index in [1.165, 1.54) is 18.1 Å². The van der Waals surface area contributed by atoms with Crippen LogP contribution in [0.4, 0.5) is 4.39 Å². The lowest BCUT2D eigenvalue weighted by Crippen LogP contribution is -2.20. The van der Waals surface area contributed by atoms with Crippen LogP contribution in [-0.2, 0) is 13.0 Å². The second-order valence-electron chi connectivity index (χ2n) is 5.71. The highest BCUT2D eigenvalue weighted by atomic mass is 19.1. The van der Waals surface area contributed by atoms with Crippen LogP contribution in [0.25, 0.3) is 0 Å². The van der Waals surface area contributed by atoms with Crippen molar-refractivity contribution in [3.63, 3.8) is 0 Å². The van der Waals surface area contributed by atoms with Gasteiger partial charge in [-0.3, -0.25) is 4.90 Å². The quantitative estimate of drug-likeness (QED) is 0.814. The first-order valence-corrected chi connectivity index (χ1v) is 7.30. The average molecular weight is 269 g/mol. The molecule has 1 atom stereocenters. The van der Waals surface area contributed by atoms with Crippen LogP contribution in [0.3, 0.4) is 0 Å². The molecule has 104 valence electrons. The lowest BCUT2D eigenvalue weighted by molar-refractivity contribution is 0.316. The largest absolute Gasteiger partial charge is 0.299 e. The monoisotopic (exact) mass is 269 g/mol. The molecular formula is C18H20FN. The second kappa shape index (κ2) is 6.19. The molecule has 0 aliphatic carbocycles. The van der Waals surface area contributed by atoms with Gasteiger partial charge in [0.25, 0.3) is 0 Å². The van der Waals surface area contributed by atoms with Gasteiger partial charge in [0.15, 0.2) is 0 Å². The molecule has 3 rings (SSSR count). The first-order valence-electron chi connectivity index (χ1n) is 7.30. The van der Waals surface area contributed by atoms with Crippen molar-refractivity contribution in [1.82, 2.24) is 4.90 Å². The molecule has 2 heteroatoms. The van der Waals surface area contributed by atoms with E-state index < -0.39 is 0 Å². The molecule has 0 radical (unpaired) electrons. The van der Waals surface area contributed by atoms with Crippen LogP contribution < -0.4 is 0 Å². The Morgan fingerprint density at radius 3 is 2.60 bits per heavy atom. The third-order valence-electron chi connectivity index (χ3n) is 4.03. The van der Waals surface area contributed by atoms with E-state index in [9.17, 15) is 4.39 Å². The summed E-state index contributed by atoms with van der Waals surface area (Å²) in [5.74, 6) is 0.530. The van der Waals surface area contributed by atoms with Gasteiger partial charge in [-0.25, -0.2) is 4.39 Å². The van der Waals surface area contributed by atoms with Crippen molar-refractivity contribution in [2.75, 3.05) is 13.1 Å². The fraction of sp³-hybridized carbons (Fsp3) is 0.333. The van der Waals surface area contributed by atoms with E-state index in [-0.39, 0.29) is 5.82 Å². The maximum Gasteiger partial charge on any atom is 0.123 e. The van der Waals surface area contributed by atoms with Gasteiger partial charge < -0.3 is 0 Å². The van der Waals surface area contributed by atoms with E-state index in [0.29, 0.717) is 5.92 Å². The molecule has 0 bridgehead atoms. The molecule has 2 aromatic rings. The molecule has 2 aromatic carbocycles. The number of halogens is 1. The molecule has 1 aliphatic rings. The molecule has 1 nitrogen and oxygen atoms in total. The molecule has 0 saturated carbocycles. The minimum Gasteiger partial charge on any atom is -0.299 e.